The van der Waals surface area contributed by atoms with Crippen molar-refractivity contribution in [3.63, 3.8) is 0 Å². The molecule has 2 aromatic rings. The second-order valence-corrected chi connectivity index (χ2v) is 11.5. The number of aliphatic hydroxyl groups excluding tert-OH is 1. The van der Waals surface area contributed by atoms with Crippen LogP contribution in [0.5, 0.6) is 5.75 Å². The number of rotatable bonds is 11. The average Bonchev–Trinajstić information content (AvgIpc) is 2.94. The topological polar surface area (TPSA) is 148 Å². The van der Waals surface area contributed by atoms with Crippen LogP contribution >= 0.6 is 0 Å². The monoisotopic (exact) mass is 586 g/mol. The molecule has 0 bridgehead atoms. The second kappa shape index (κ2) is 13.5. The van der Waals surface area contributed by atoms with Crippen molar-refractivity contribution in [1.29, 1.82) is 0 Å². The zero-order valence-corrected chi connectivity index (χ0v) is 25.2. The largest absolute Gasteiger partial charge is 0.468 e. The van der Waals surface area contributed by atoms with Gasteiger partial charge >= 0.3 is 6.09 Å². The SMILES string of the molecule is CCN(C)c1nc(NC2COC2)cc(C(=O)NC[C@@H](O)[C@@H]2Cc3ccc(OCOC)cc3CN2C(=O)OC(C)(C)C)n1. The minimum atomic E-state index is -1.08. The quantitative estimate of drug-likeness (QED) is 0.333. The van der Waals surface area contributed by atoms with Gasteiger partial charge in [0.05, 0.1) is 31.4 Å². The molecule has 0 unspecified atom stereocenters. The number of aliphatic hydroxyl groups is 1. The van der Waals surface area contributed by atoms with Gasteiger partial charge in [-0.3, -0.25) is 9.69 Å². The van der Waals surface area contributed by atoms with E-state index in [-0.39, 0.29) is 31.6 Å². The first-order valence-electron chi connectivity index (χ1n) is 14.1. The summed E-state index contributed by atoms with van der Waals surface area (Å²) >= 11 is 0. The number of carbonyl (C=O) groups is 2. The van der Waals surface area contributed by atoms with Gasteiger partial charge in [0.25, 0.3) is 5.91 Å². The molecule has 0 aliphatic carbocycles. The summed E-state index contributed by atoms with van der Waals surface area (Å²) < 4.78 is 21.5. The minimum absolute atomic E-state index is 0.102. The van der Waals surface area contributed by atoms with Gasteiger partial charge in [-0.2, -0.15) is 4.98 Å². The summed E-state index contributed by atoms with van der Waals surface area (Å²) in [6.07, 6.45) is -1.26. The van der Waals surface area contributed by atoms with Crippen LogP contribution in [0, 0.1) is 0 Å². The highest BCUT2D eigenvalue weighted by Crippen LogP contribution is 2.30. The van der Waals surface area contributed by atoms with Crippen molar-refractivity contribution in [3.8, 4) is 5.75 Å². The van der Waals surface area contributed by atoms with Crippen LogP contribution < -0.4 is 20.3 Å². The van der Waals surface area contributed by atoms with Crippen molar-refractivity contribution < 1.29 is 33.6 Å². The number of hydrogen-bond donors (Lipinski definition) is 3. The Bertz CT molecular complexity index is 1250. The van der Waals surface area contributed by atoms with Crippen LogP contribution in [0.25, 0.3) is 0 Å². The molecule has 2 aliphatic heterocycles. The highest BCUT2D eigenvalue weighted by Gasteiger charge is 2.37. The van der Waals surface area contributed by atoms with Crippen LogP contribution in [-0.4, -0.2) is 103 Å². The van der Waals surface area contributed by atoms with Gasteiger partial charge in [0.2, 0.25) is 5.95 Å². The van der Waals surface area contributed by atoms with Crippen LogP contribution in [0.1, 0.15) is 49.3 Å². The number of nitrogens with zero attached hydrogens (tertiary/aromatic N) is 4. The molecule has 2 aliphatic rings. The highest BCUT2D eigenvalue weighted by atomic mass is 16.7. The Balaban J connectivity index is 1.50. The molecular formula is C29H42N6O7. The van der Waals surface area contributed by atoms with E-state index < -0.39 is 29.7 Å². The third-order valence-corrected chi connectivity index (χ3v) is 6.99. The first-order valence-corrected chi connectivity index (χ1v) is 14.1. The lowest BCUT2D eigenvalue weighted by Crippen LogP contribution is -2.54. The molecule has 1 fully saturated rings. The number of ether oxygens (including phenoxy) is 4. The number of methoxy groups -OCH3 is 1. The molecule has 2 amide bonds. The number of aromatic nitrogens is 2. The van der Waals surface area contributed by atoms with E-state index in [4.69, 9.17) is 18.9 Å². The molecule has 0 saturated carbocycles. The van der Waals surface area contributed by atoms with E-state index in [1.807, 2.05) is 37.1 Å². The predicted octanol–water partition coefficient (Wildman–Crippen LogP) is 2.18. The van der Waals surface area contributed by atoms with Crippen molar-refractivity contribution in [2.75, 3.05) is 57.5 Å². The Morgan fingerprint density at radius 2 is 1.98 bits per heavy atom. The molecule has 1 saturated heterocycles. The first-order chi connectivity index (χ1) is 20.0. The van der Waals surface area contributed by atoms with Gasteiger partial charge in [-0.05, 0) is 57.4 Å². The van der Waals surface area contributed by atoms with Crippen LogP contribution in [-0.2, 0) is 27.2 Å². The number of carbonyl (C=O) groups excluding carboxylic acids is 2. The summed E-state index contributed by atoms with van der Waals surface area (Å²) in [6.45, 7) is 9.33. The number of amides is 2. The standard InChI is InChI=1S/C29H42N6O7/c1-7-34(5)27-32-22(12-25(33-27)31-20-15-40-16-20)26(37)30-13-24(36)23-11-18-8-9-21(41-17-39-6)10-19(18)14-35(23)28(38)42-29(2,3)4/h8-10,12,20,23-24,36H,7,11,13-17H2,1-6H3,(H,30,37)(H,31,32,33)/t23-,24+/m0/s1. The van der Waals surface area contributed by atoms with Gasteiger partial charge in [0, 0.05) is 39.9 Å². The van der Waals surface area contributed by atoms with Crippen molar-refractivity contribution >= 4 is 23.8 Å². The van der Waals surface area contributed by atoms with E-state index >= 15 is 0 Å². The summed E-state index contributed by atoms with van der Waals surface area (Å²) in [6, 6.07) is 6.67. The molecule has 3 N–H and O–H groups in total. The molecule has 230 valence electrons. The molecule has 13 heteroatoms. The van der Waals surface area contributed by atoms with E-state index in [1.54, 1.807) is 33.9 Å². The Labute approximate surface area is 246 Å². The van der Waals surface area contributed by atoms with Gasteiger partial charge in [0.15, 0.2) is 6.79 Å². The van der Waals surface area contributed by atoms with Crippen LogP contribution in [0.2, 0.25) is 0 Å². The second-order valence-electron chi connectivity index (χ2n) is 11.5. The average molecular weight is 587 g/mol. The predicted molar refractivity (Wildman–Crippen MR) is 156 cm³/mol. The summed E-state index contributed by atoms with van der Waals surface area (Å²) in [5.41, 5.74) is 1.29. The highest BCUT2D eigenvalue weighted by molar-refractivity contribution is 5.93. The van der Waals surface area contributed by atoms with Crippen molar-refractivity contribution in [2.24, 2.45) is 0 Å². The lowest BCUT2D eigenvalue weighted by Gasteiger charge is -2.40. The fourth-order valence-corrected chi connectivity index (χ4v) is 4.55. The maximum atomic E-state index is 13.3. The van der Waals surface area contributed by atoms with Gasteiger partial charge in [-0.25, -0.2) is 9.78 Å². The van der Waals surface area contributed by atoms with E-state index in [1.165, 1.54) is 4.90 Å². The fourth-order valence-electron chi connectivity index (χ4n) is 4.55. The number of benzene rings is 1. The summed E-state index contributed by atoms with van der Waals surface area (Å²) in [5, 5.41) is 17.4. The molecule has 1 aromatic heterocycles. The Kier molecular flexibility index (Phi) is 10.1. The van der Waals surface area contributed by atoms with Crippen LogP contribution in [0.3, 0.4) is 0 Å². The van der Waals surface area contributed by atoms with Crippen LogP contribution in [0.4, 0.5) is 16.6 Å². The van der Waals surface area contributed by atoms with E-state index in [9.17, 15) is 14.7 Å². The van der Waals surface area contributed by atoms with Crippen LogP contribution in [0.15, 0.2) is 24.3 Å². The number of hydrogen-bond acceptors (Lipinski definition) is 11. The lowest BCUT2D eigenvalue weighted by atomic mass is 9.91. The van der Waals surface area contributed by atoms with Crippen molar-refractivity contribution in [2.45, 2.75) is 64.4 Å². The number of fused-ring (bicyclic) bond motifs is 1. The smallest absolute Gasteiger partial charge is 0.410 e. The van der Waals surface area contributed by atoms with Crippen molar-refractivity contribution in [1.82, 2.24) is 20.2 Å². The fraction of sp³-hybridized carbons (Fsp3) is 0.586. The molecule has 1 aromatic carbocycles. The molecular weight excluding hydrogens is 544 g/mol. The Morgan fingerprint density at radius 3 is 2.62 bits per heavy atom. The third kappa shape index (κ3) is 7.99. The molecule has 3 heterocycles. The molecule has 4 rings (SSSR count). The molecule has 0 spiro atoms. The maximum absolute atomic E-state index is 13.3. The molecule has 42 heavy (non-hydrogen) atoms. The van der Waals surface area contributed by atoms with E-state index in [2.05, 4.69) is 20.6 Å². The van der Waals surface area contributed by atoms with Crippen molar-refractivity contribution in [3.05, 3.63) is 41.1 Å². The first kappa shape index (κ1) is 31.3. The molecule has 2 atom stereocenters. The summed E-state index contributed by atoms with van der Waals surface area (Å²) in [5.74, 6) is 1.08. The molecule has 0 radical (unpaired) electrons. The van der Waals surface area contributed by atoms with E-state index in [0.717, 1.165) is 11.1 Å². The normalized spacial score (nSPS) is 17.5. The maximum Gasteiger partial charge on any atom is 0.410 e. The third-order valence-electron chi connectivity index (χ3n) is 6.99. The zero-order valence-electron chi connectivity index (χ0n) is 25.2. The lowest BCUT2D eigenvalue weighted by molar-refractivity contribution is -0.0114. The Morgan fingerprint density at radius 1 is 1.21 bits per heavy atom. The Hall–Kier alpha value is -3.68. The van der Waals surface area contributed by atoms with Gasteiger partial charge in [-0.15, -0.1) is 0 Å². The van der Waals surface area contributed by atoms with E-state index in [0.29, 0.717) is 43.7 Å². The number of anilines is 2. The minimum Gasteiger partial charge on any atom is -0.468 e. The number of nitrogens with one attached hydrogen (secondary N) is 2. The van der Waals surface area contributed by atoms with Gasteiger partial charge in [0.1, 0.15) is 22.9 Å². The zero-order chi connectivity index (χ0) is 30.4. The van der Waals surface area contributed by atoms with Gasteiger partial charge in [-0.1, -0.05) is 6.07 Å². The summed E-state index contributed by atoms with van der Waals surface area (Å²) in [4.78, 5) is 38.8. The molecule has 13 nitrogen and oxygen atoms in total. The van der Waals surface area contributed by atoms with Gasteiger partial charge < -0.3 is 39.6 Å². The summed E-state index contributed by atoms with van der Waals surface area (Å²) in [7, 11) is 3.39.